The van der Waals surface area contributed by atoms with Crippen molar-refractivity contribution in [3.05, 3.63) is 60.7 Å². The maximum absolute atomic E-state index is 12.8. The van der Waals surface area contributed by atoms with E-state index >= 15 is 0 Å². The van der Waals surface area contributed by atoms with E-state index in [1.807, 2.05) is 35.4 Å². The molecule has 0 unspecified atom stereocenters. The lowest BCUT2D eigenvalue weighted by atomic mass is 10.1. The molecule has 1 saturated heterocycles. The number of amides is 1. The number of anilines is 1. The van der Waals surface area contributed by atoms with Crippen molar-refractivity contribution in [3.63, 3.8) is 0 Å². The third kappa shape index (κ3) is 3.86. The predicted molar refractivity (Wildman–Crippen MR) is 105 cm³/mol. The molecule has 1 amide bonds. The van der Waals surface area contributed by atoms with Gasteiger partial charge in [-0.1, -0.05) is 6.07 Å². The third-order valence-corrected chi connectivity index (χ3v) is 4.81. The second kappa shape index (κ2) is 8.18. The molecule has 8 heteroatoms. The molecule has 1 aliphatic rings. The zero-order valence-electron chi connectivity index (χ0n) is 15.5. The minimum Gasteiger partial charge on any atom is -0.394 e. The molecule has 1 fully saturated rings. The average Bonchev–Trinajstić information content (AvgIpc) is 3.23. The number of rotatable bonds is 5. The van der Waals surface area contributed by atoms with Gasteiger partial charge in [0.2, 0.25) is 0 Å². The molecule has 28 heavy (non-hydrogen) atoms. The normalized spacial score (nSPS) is 14.3. The van der Waals surface area contributed by atoms with Gasteiger partial charge in [0.1, 0.15) is 5.82 Å². The Balaban J connectivity index is 1.38. The highest BCUT2D eigenvalue weighted by molar-refractivity contribution is 5.94. The lowest BCUT2D eigenvalue weighted by Crippen LogP contribution is -2.49. The van der Waals surface area contributed by atoms with E-state index in [0.29, 0.717) is 25.2 Å². The monoisotopic (exact) mass is 378 g/mol. The lowest BCUT2D eigenvalue weighted by molar-refractivity contribution is 0.0746. The van der Waals surface area contributed by atoms with Crippen LogP contribution in [-0.4, -0.2) is 68.4 Å². The number of aliphatic hydroxyl groups is 1. The van der Waals surface area contributed by atoms with Crippen LogP contribution in [0.25, 0.3) is 11.3 Å². The van der Waals surface area contributed by atoms with E-state index in [0.717, 1.165) is 30.2 Å². The molecular weight excluding hydrogens is 356 g/mol. The summed E-state index contributed by atoms with van der Waals surface area (Å²) in [7, 11) is 0. The first-order chi connectivity index (χ1) is 13.7. The molecule has 1 aliphatic heterocycles. The highest BCUT2D eigenvalue weighted by Crippen LogP contribution is 2.18. The summed E-state index contributed by atoms with van der Waals surface area (Å²) in [5.74, 6) is 0.943. The standard InChI is InChI=1S/C20H22N6O2/c27-12-11-26-15-17(14-23-26)18-5-4-16(13-22-18)20(28)25-9-7-24(8-10-25)19-3-1-2-6-21-19/h1-6,13-15,27H,7-12H2. The van der Waals surface area contributed by atoms with Crippen molar-refractivity contribution in [1.29, 1.82) is 0 Å². The van der Waals surface area contributed by atoms with Crippen molar-refractivity contribution in [3.8, 4) is 11.3 Å². The van der Waals surface area contributed by atoms with E-state index in [4.69, 9.17) is 5.11 Å². The number of carbonyl (C=O) groups is 1. The fourth-order valence-corrected chi connectivity index (χ4v) is 3.27. The van der Waals surface area contributed by atoms with Gasteiger partial charge in [-0.15, -0.1) is 0 Å². The van der Waals surface area contributed by atoms with Crippen molar-refractivity contribution < 1.29 is 9.90 Å². The van der Waals surface area contributed by atoms with Crippen LogP contribution in [0.2, 0.25) is 0 Å². The summed E-state index contributed by atoms with van der Waals surface area (Å²) >= 11 is 0. The zero-order chi connectivity index (χ0) is 19.3. The fraction of sp³-hybridized carbons (Fsp3) is 0.300. The van der Waals surface area contributed by atoms with Gasteiger partial charge in [0, 0.05) is 50.3 Å². The number of hydrogen-bond acceptors (Lipinski definition) is 6. The second-order valence-corrected chi connectivity index (χ2v) is 6.61. The number of nitrogens with zero attached hydrogens (tertiary/aromatic N) is 6. The number of hydrogen-bond donors (Lipinski definition) is 1. The van der Waals surface area contributed by atoms with Crippen molar-refractivity contribution in [1.82, 2.24) is 24.6 Å². The van der Waals surface area contributed by atoms with Gasteiger partial charge in [0.25, 0.3) is 5.91 Å². The molecule has 1 N–H and O–H groups in total. The predicted octanol–water partition coefficient (Wildman–Crippen LogP) is 1.29. The molecule has 0 spiro atoms. The van der Waals surface area contributed by atoms with Crippen molar-refractivity contribution in [2.45, 2.75) is 6.54 Å². The van der Waals surface area contributed by atoms with Crippen LogP contribution < -0.4 is 4.90 Å². The topological polar surface area (TPSA) is 87.4 Å². The summed E-state index contributed by atoms with van der Waals surface area (Å²) in [5, 5.41) is 13.2. The molecule has 144 valence electrons. The van der Waals surface area contributed by atoms with Gasteiger partial charge in [-0.3, -0.25) is 14.5 Å². The van der Waals surface area contributed by atoms with Crippen LogP contribution in [0.1, 0.15) is 10.4 Å². The largest absolute Gasteiger partial charge is 0.394 e. The van der Waals surface area contributed by atoms with Gasteiger partial charge in [-0.25, -0.2) is 4.98 Å². The molecular formula is C20H22N6O2. The SMILES string of the molecule is O=C(c1ccc(-c2cnn(CCO)c2)nc1)N1CCN(c2ccccn2)CC1. The Bertz CT molecular complexity index is 917. The van der Waals surface area contributed by atoms with Gasteiger partial charge < -0.3 is 14.9 Å². The highest BCUT2D eigenvalue weighted by atomic mass is 16.3. The quantitative estimate of drug-likeness (QED) is 0.720. The molecule has 0 aromatic carbocycles. The maximum Gasteiger partial charge on any atom is 0.255 e. The molecule has 0 radical (unpaired) electrons. The maximum atomic E-state index is 12.8. The van der Waals surface area contributed by atoms with Crippen LogP contribution in [-0.2, 0) is 6.54 Å². The minimum absolute atomic E-state index is 0.00398. The fourth-order valence-electron chi connectivity index (χ4n) is 3.27. The Morgan fingerprint density at radius 1 is 1.04 bits per heavy atom. The molecule has 0 aliphatic carbocycles. The van der Waals surface area contributed by atoms with Crippen molar-refractivity contribution in [2.24, 2.45) is 0 Å². The van der Waals surface area contributed by atoms with Crippen LogP contribution >= 0.6 is 0 Å². The molecule has 8 nitrogen and oxygen atoms in total. The van der Waals surface area contributed by atoms with Crippen LogP contribution in [0, 0.1) is 0 Å². The van der Waals surface area contributed by atoms with Crippen LogP contribution in [0.15, 0.2) is 55.1 Å². The first-order valence-electron chi connectivity index (χ1n) is 9.29. The van der Waals surface area contributed by atoms with Gasteiger partial charge in [-0.2, -0.15) is 5.10 Å². The molecule has 0 atom stereocenters. The third-order valence-electron chi connectivity index (χ3n) is 4.81. The smallest absolute Gasteiger partial charge is 0.255 e. The number of carbonyl (C=O) groups excluding carboxylic acids is 1. The lowest BCUT2D eigenvalue weighted by Gasteiger charge is -2.35. The van der Waals surface area contributed by atoms with E-state index < -0.39 is 0 Å². The number of aliphatic hydroxyl groups excluding tert-OH is 1. The minimum atomic E-state index is -0.00398. The van der Waals surface area contributed by atoms with Gasteiger partial charge in [0.15, 0.2) is 0 Å². The summed E-state index contributed by atoms with van der Waals surface area (Å²) in [6.07, 6.45) is 6.94. The molecule has 3 aromatic rings. The van der Waals surface area contributed by atoms with Gasteiger partial charge in [-0.05, 0) is 24.3 Å². The van der Waals surface area contributed by atoms with E-state index in [2.05, 4.69) is 20.0 Å². The summed E-state index contributed by atoms with van der Waals surface area (Å²) in [6.45, 7) is 3.32. The molecule has 4 rings (SSSR count). The molecule has 0 bridgehead atoms. The summed E-state index contributed by atoms with van der Waals surface area (Å²) in [6, 6.07) is 9.50. The van der Waals surface area contributed by atoms with Crippen LogP contribution in [0.3, 0.4) is 0 Å². The Morgan fingerprint density at radius 2 is 1.89 bits per heavy atom. The second-order valence-electron chi connectivity index (χ2n) is 6.61. The Labute approximate surface area is 163 Å². The zero-order valence-corrected chi connectivity index (χ0v) is 15.5. The van der Waals surface area contributed by atoms with Gasteiger partial charge >= 0.3 is 0 Å². The van der Waals surface area contributed by atoms with Crippen LogP contribution in [0.4, 0.5) is 5.82 Å². The summed E-state index contributed by atoms with van der Waals surface area (Å²) < 4.78 is 1.66. The van der Waals surface area contributed by atoms with E-state index in [1.54, 1.807) is 29.3 Å². The Kier molecular flexibility index (Phi) is 5.29. The van der Waals surface area contributed by atoms with E-state index in [1.165, 1.54) is 0 Å². The van der Waals surface area contributed by atoms with Crippen molar-refractivity contribution in [2.75, 3.05) is 37.7 Å². The number of aromatic nitrogens is 4. The summed E-state index contributed by atoms with van der Waals surface area (Å²) in [4.78, 5) is 25.6. The molecule has 0 saturated carbocycles. The number of piperazine rings is 1. The first-order valence-corrected chi connectivity index (χ1v) is 9.29. The molecule has 4 heterocycles. The number of pyridine rings is 2. The summed E-state index contributed by atoms with van der Waals surface area (Å²) in [5.41, 5.74) is 2.19. The van der Waals surface area contributed by atoms with Crippen LogP contribution in [0.5, 0.6) is 0 Å². The van der Waals surface area contributed by atoms with Gasteiger partial charge in [0.05, 0.1) is 30.6 Å². The highest BCUT2D eigenvalue weighted by Gasteiger charge is 2.23. The first kappa shape index (κ1) is 18.1. The molecule has 3 aromatic heterocycles. The average molecular weight is 378 g/mol. The van der Waals surface area contributed by atoms with E-state index in [9.17, 15) is 4.79 Å². The van der Waals surface area contributed by atoms with E-state index in [-0.39, 0.29) is 12.5 Å². The Morgan fingerprint density at radius 3 is 2.57 bits per heavy atom. The Hall–Kier alpha value is -3.26. The van der Waals surface area contributed by atoms with Crippen molar-refractivity contribution >= 4 is 11.7 Å².